The van der Waals surface area contributed by atoms with Gasteiger partial charge in [-0.05, 0) is 49.1 Å². The first-order valence-electron chi connectivity index (χ1n) is 9.18. The summed E-state index contributed by atoms with van der Waals surface area (Å²) in [5, 5.41) is 2.72. The van der Waals surface area contributed by atoms with Gasteiger partial charge in [-0.1, -0.05) is 30.3 Å². The Bertz CT molecular complexity index is 846. The van der Waals surface area contributed by atoms with Gasteiger partial charge in [-0.25, -0.2) is 13.1 Å². The van der Waals surface area contributed by atoms with E-state index in [-0.39, 0.29) is 18.2 Å². The van der Waals surface area contributed by atoms with Gasteiger partial charge in [0.25, 0.3) is 0 Å². The van der Waals surface area contributed by atoms with Crippen molar-refractivity contribution in [1.82, 2.24) is 4.72 Å². The summed E-state index contributed by atoms with van der Waals surface area (Å²) in [5.74, 6) is -0.429. The fraction of sp³-hybridized carbons (Fsp3) is 0.350. The Morgan fingerprint density at radius 1 is 0.963 bits per heavy atom. The molecule has 27 heavy (non-hydrogen) atoms. The van der Waals surface area contributed by atoms with Crippen molar-refractivity contribution < 1.29 is 13.2 Å². The molecule has 0 spiro atoms. The zero-order valence-electron chi connectivity index (χ0n) is 15.2. The minimum Gasteiger partial charge on any atom is -0.372 e. The first-order valence-corrected chi connectivity index (χ1v) is 10.8. The first kappa shape index (κ1) is 19.4. The van der Waals surface area contributed by atoms with E-state index in [1.807, 2.05) is 54.6 Å². The smallest absolute Gasteiger partial charge is 0.239 e. The van der Waals surface area contributed by atoms with Crippen molar-refractivity contribution in [2.24, 2.45) is 0 Å². The van der Waals surface area contributed by atoms with Crippen molar-refractivity contribution in [3.05, 3.63) is 60.2 Å². The minimum absolute atomic E-state index is 0.0468. The van der Waals surface area contributed by atoms with Crippen LogP contribution >= 0.6 is 0 Å². The molecule has 2 N–H and O–H groups in total. The summed E-state index contributed by atoms with van der Waals surface area (Å²) in [6.45, 7) is 1.86. The van der Waals surface area contributed by atoms with Gasteiger partial charge in [0.15, 0.2) is 0 Å². The molecule has 6 nitrogen and oxygen atoms in total. The topological polar surface area (TPSA) is 78.5 Å². The maximum atomic E-state index is 12.1. The van der Waals surface area contributed by atoms with Crippen molar-refractivity contribution in [3.8, 4) is 0 Å². The molecule has 2 aromatic carbocycles. The minimum atomic E-state index is -3.50. The summed E-state index contributed by atoms with van der Waals surface area (Å²) in [6.07, 6.45) is 2.83. The SMILES string of the molecule is O=C(CNS(=O)(=O)CCc1ccccc1)Nc1ccc(N2CCCC2)cc1. The van der Waals surface area contributed by atoms with Crippen molar-refractivity contribution in [1.29, 1.82) is 0 Å². The van der Waals surface area contributed by atoms with E-state index in [2.05, 4.69) is 14.9 Å². The molecule has 1 aliphatic rings. The summed E-state index contributed by atoms with van der Waals surface area (Å²) in [4.78, 5) is 14.3. The lowest BCUT2D eigenvalue weighted by Crippen LogP contribution is -2.34. The van der Waals surface area contributed by atoms with Crippen LogP contribution in [0.15, 0.2) is 54.6 Å². The second kappa shape index (κ2) is 9.01. The highest BCUT2D eigenvalue weighted by atomic mass is 32.2. The zero-order valence-corrected chi connectivity index (χ0v) is 16.0. The summed E-state index contributed by atoms with van der Waals surface area (Å²) in [6, 6.07) is 17.0. The number of benzene rings is 2. The van der Waals surface area contributed by atoms with Gasteiger partial charge in [0.05, 0.1) is 12.3 Å². The molecule has 0 unspecified atom stereocenters. The normalized spacial score (nSPS) is 14.3. The number of hydrogen-bond donors (Lipinski definition) is 2. The average Bonchev–Trinajstić information content (AvgIpc) is 3.21. The van der Waals surface area contributed by atoms with Crippen LogP contribution in [0.2, 0.25) is 0 Å². The Balaban J connectivity index is 1.44. The molecule has 1 fully saturated rings. The van der Waals surface area contributed by atoms with Gasteiger partial charge in [-0.3, -0.25) is 4.79 Å². The van der Waals surface area contributed by atoms with Crippen LogP contribution in [0.1, 0.15) is 18.4 Å². The zero-order chi connectivity index (χ0) is 19.1. The monoisotopic (exact) mass is 387 g/mol. The van der Waals surface area contributed by atoms with E-state index in [1.165, 1.54) is 12.8 Å². The van der Waals surface area contributed by atoms with Crippen LogP contribution in [0.5, 0.6) is 0 Å². The van der Waals surface area contributed by atoms with Gasteiger partial charge in [-0.15, -0.1) is 0 Å². The first-order chi connectivity index (χ1) is 13.0. The number of anilines is 2. The number of aryl methyl sites for hydroxylation is 1. The number of nitrogens with one attached hydrogen (secondary N) is 2. The Labute approximate surface area is 160 Å². The predicted octanol–water partition coefficient (Wildman–Crippen LogP) is 2.39. The maximum absolute atomic E-state index is 12.1. The Kier molecular flexibility index (Phi) is 6.47. The van der Waals surface area contributed by atoms with Crippen LogP contribution < -0.4 is 14.9 Å². The van der Waals surface area contributed by atoms with E-state index in [9.17, 15) is 13.2 Å². The number of nitrogens with zero attached hydrogens (tertiary/aromatic N) is 1. The maximum Gasteiger partial charge on any atom is 0.239 e. The van der Waals surface area contributed by atoms with Gasteiger partial charge in [0.2, 0.25) is 15.9 Å². The summed E-state index contributed by atoms with van der Waals surface area (Å²) < 4.78 is 26.5. The van der Waals surface area contributed by atoms with Crippen molar-refractivity contribution >= 4 is 27.3 Å². The fourth-order valence-corrected chi connectivity index (χ4v) is 4.08. The van der Waals surface area contributed by atoms with Crippen LogP contribution in [0.25, 0.3) is 0 Å². The average molecular weight is 388 g/mol. The van der Waals surface area contributed by atoms with Gasteiger partial charge in [-0.2, -0.15) is 0 Å². The molecule has 3 rings (SSSR count). The third-order valence-corrected chi connectivity index (χ3v) is 5.90. The molecule has 0 atom stereocenters. The molecule has 0 aromatic heterocycles. The molecule has 2 aromatic rings. The summed E-state index contributed by atoms with van der Waals surface area (Å²) >= 11 is 0. The van der Waals surface area contributed by atoms with Crippen LogP contribution in [0, 0.1) is 0 Å². The Hall–Kier alpha value is -2.38. The van der Waals surface area contributed by atoms with E-state index in [0.29, 0.717) is 12.1 Å². The van der Waals surface area contributed by atoms with E-state index < -0.39 is 10.0 Å². The lowest BCUT2D eigenvalue weighted by atomic mass is 10.2. The second-order valence-corrected chi connectivity index (χ2v) is 8.59. The second-order valence-electron chi connectivity index (χ2n) is 6.66. The molecule has 1 heterocycles. The lowest BCUT2D eigenvalue weighted by molar-refractivity contribution is -0.115. The van der Waals surface area contributed by atoms with E-state index in [0.717, 1.165) is 24.3 Å². The molecule has 1 aliphatic heterocycles. The van der Waals surface area contributed by atoms with Crippen molar-refractivity contribution in [2.45, 2.75) is 19.3 Å². The molecule has 1 amide bonds. The predicted molar refractivity (Wildman–Crippen MR) is 108 cm³/mol. The highest BCUT2D eigenvalue weighted by Crippen LogP contribution is 2.21. The number of hydrogen-bond acceptors (Lipinski definition) is 4. The molecule has 7 heteroatoms. The molecule has 1 saturated heterocycles. The molecular weight excluding hydrogens is 362 g/mol. The fourth-order valence-electron chi connectivity index (χ4n) is 3.08. The summed E-state index contributed by atoms with van der Waals surface area (Å²) in [5.41, 5.74) is 2.75. The molecule has 0 aliphatic carbocycles. The third kappa shape index (κ3) is 6.08. The van der Waals surface area contributed by atoms with Crippen molar-refractivity contribution in [2.75, 3.05) is 35.6 Å². The molecule has 0 radical (unpaired) electrons. The lowest BCUT2D eigenvalue weighted by Gasteiger charge is -2.17. The van der Waals surface area contributed by atoms with Crippen molar-refractivity contribution in [3.63, 3.8) is 0 Å². The Morgan fingerprint density at radius 2 is 1.63 bits per heavy atom. The number of carbonyl (C=O) groups is 1. The van der Waals surface area contributed by atoms with E-state index in [1.54, 1.807) is 0 Å². The molecule has 0 saturated carbocycles. The number of sulfonamides is 1. The van der Waals surface area contributed by atoms with Gasteiger partial charge in [0.1, 0.15) is 0 Å². The van der Waals surface area contributed by atoms with Crippen LogP contribution in [0.4, 0.5) is 11.4 Å². The quantitative estimate of drug-likeness (QED) is 0.729. The molecule has 144 valence electrons. The summed E-state index contributed by atoms with van der Waals surface area (Å²) in [7, 11) is -3.50. The number of amides is 1. The van der Waals surface area contributed by atoms with E-state index in [4.69, 9.17) is 0 Å². The Morgan fingerprint density at radius 3 is 2.30 bits per heavy atom. The molecular formula is C20H25N3O3S. The number of carbonyl (C=O) groups excluding carboxylic acids is 1. The van der Waals surface area contributed by atoms with Gasteiger partial charge in [0, 0.05) is 24.5 Å². The van der Waals surface area contributed by atoms with Crippen LogP contribution in [-0.4, -0.2) is 39.7 Å². The number of rotatable bonds is 8. The third-order valence-electron chi connectivity index (χ3n) is 4.58. The van der Waals surface area contributed by atoms with Crippen LogP contribution in [-0.2, 0) is 21.2 Å². The highest BCUT2D eigenvalue weighted by molar-refractivity contribution is 7.89. The van der Waals surface area contributed by atoms with Gasteiger partial charge < -0.3 is 10.2 Å². The highest BCUT2D eigenvalue weighted by Gasteiger charge is 2.14. The largest absolute Gasteiger partial charge is 0.372 e. The van der Waals surface area contributed by atoms with Crippen LogP contribution in [0.3, 0.4) is 0 Å². The van der Waals surface area contributed by atoms with Gasteiger partial charge >= 0.3 is 0 Å². The molecule has 0 bridgehead atoms. The van der Waals surface area contributed by atoms with E-state index >= 15 is 0 Å². The standard InChI is InChI=1S/C20H25N3O3S/c24-20(16-21-27(25,26)15-12-17-6-2-1-3-7-17)22-18-8-10-19(11-9-18)23-13-4-5-14-23/h1-3,6-11,21H,4-5,12-16H2,(H,22,24).